The molecule has 1 fully saturated rings. The molecule has 18 heavy (non-hydrogen) atoms. The van der Waals surface area contributed by atoms with Gasteiger partial charge in [-0.1, -0.05) is 0 Å². The summed E-state index contributed by atoms with van der Waals surface area (Å²) < 4.78 is 5.49. The van der Waals surface area contributed by atoms with E-state index in [1.54, 1.807) is 6.07 Å². The van der Waals surface area contributed by atoms with E-state index in [-0.39, 0.29) is 18.4 Å². The van der Waals surface area contributed by atoms with Gasteiger partial charge in [0, 0.05) is 25.1 Å². The Kier molecular flexibility index (Phi) is 3.64. The van der Waals surface area contributed by atoms with Gasteiger partial charge >= 0.3 is 5.97 Å². The van der Waals surface area contributed by atoms with Gasteiger partial charge in [0.1, 0.15) is 12.1 Å². The lowest BCUT2D eigenvalue weighted by molar-refractivity contribution is -0.138. The third kappa shape index (κ3) is 3.09. The minimum Gasteiger partial charge on any atom is -0.481 e. The molecule has 0 radical (unpaired) electrons. The molecule has 0 saturated carbocycles. The van der Waals surface area contributed by atoms with Crippen molar-refractivity contribution in [2.45, 2.75) is 26.4 Å². The largest absolute Gasteiger partial charge is 0.481 e. The Balaban J connectivity index is 1.93. The van der Waals surface area contributed by atoms with Crippen LogP contribution in [0.1, 0.15) is 20.3 Å². The van der Waals surface area contributed by atoms with Crippen LogP contribution < -0.4 is 9.64 Å². The average molecular weight is 251 g/mol. The maximum absolute atomic E-state index is 10.6. The van der Waals surface area contributed by atoms with Gasteiger partial charge in [0.05, 0.1) is 12.5 Å². The molecule has 0 atom stereocenters. The lowest BCUT2D eigenvalue weighted by Crippen LogP contribution is -2.48. The molecule has 1 N–H and O–H groups in total. The van der Waals surface area contributed by atoms with E-state index in [0.717, 1.165) is 18.9 Å². The first-order valence-electron chi connectivity index (χ1n) is 6.00. The summed E-state index contributed by atoms with van der Waals surface area (Å²) >= 11 is 0. The van der Waals surface area contributed by atoms with Crippen molar-refractivity contribution < 1.29 is 14.6 Å². The molecule has 1 saturated heterocycles. The lowest BCUT2D eigenvalue weighted by atomic mass is 9.96. The first-order valence-corrected chi connectivity index (χ1v) is 6.00. The molecule has 0 bridgehead atoms. The fourth-order valence-corrected chi connectivity index (χ4v) is 1.94. The van der Waals surface area contributed by atoms with Crippen molar-refractivity contribution in [1.82, 2.24) is 9.97 Å². The molecule has 0 aliphatic carbocycles. The zero-order valence-corrected chi connectivity index (χ0v) is 10.5. The van der Waals surface area contributed by atoms with E-state index >= 15 is 0 Å². The number of anilines is 1. The van der Waals surface area contributed by atoms with Crippen molar-refractivity contribution >= 4 is 11.8 Å². The summed E-state index contributed by atoms with van der Waals surface area (Å²) in [7, 11) is 0. The second-order valence-corrected chi connectivity index (χ2v) is 4.75. The molecule has 1 aromatic heterocycles. The topological polar surface area (TPSA) is 75.5 Å². The van der Waals surface area contributed by atoms with Crippen molar-refractivity contribution in [3.05, 3.63) is 12.4 Å². The van der Waals surface area contributed by atoms with Crippen LogP contribution in [0.15, 0.2) is 12.4 Å². The fourth-order valence-electron chi connectivity index (χ4n) is 1.94. The van der Waals surface area contributed by atoms with Gasteiger partial charge < -0.3 is 14.7 Å². The summed E-state index contributed by atoms with van der Waals surface area (Å²) in [6.45, 7) is 5.33. The van der Waals surface area contributed by atoms with Gasteiger partial charge in [0.15, 0.2) is 0 Å². The Hall–Kier alpha value is -1.85. The summed E-state index contributed by atoms with van der Waals surface area (Å²) in [6.07, 6.45) is 1.76. The van der Waals surface area contributed by atoms with Crippen molar-refractivity contribution in [3.8, 4) is 5.88 Å². The van der Waals surface area contributed by atoms with Crippen LogP contribution in [0.4, 0.5) is 5.82 Å². The molecule has 6 nitrogen and oxygen atoms in total. The van der Waals surface area contributed by atoms with E-state index < -0.39 is 5.97 Å². The van der Waals surface area contributed by atoms with E-state index in [1.807, 2.05) is 18.7 Å². The van der Waals surface area contributed by atoms with E-state index in [2.05, 4.69) is 9.97 Å². The van der Waals surface area contributed by atoms with E-state index in [1.165, 1.54) is 6.33 Å². The van der Waals surface area contributed by atoms with Gasteiger partial charge in [0.2, 0.25) is 5.88 Å². The first-order chi connectivity index (χ1) is 8.54. The van der Waals surface area contributed by atoms with Crippen molar-refractivity contribution in [1.29, 1.82) is 0 Å². The predicted molar refractivity (Wildman–Crippen MR) is 65.8 cm³/mol. The number of rotatable bonds is 5. The van der Waals surface area contributed by atoms with Crippen LogP contribution in [-0.4, -0.2) is 40.2 Å². The number of carbonyl (C=O) groups is 1. The number of aromatic nitrogens is 2. The molecule has 0 unspecified atom stereocenters. The molecule has 1 aliphatic rings. The second kappa shape index (κ2) is 5.20. The number of aliphatic carboxylic acids is 1. The van der Waals surface area contributed by atoms with Crippen LogP contribution in [0.5, 0.6) is 5.88 Å². The minimum atomic E-state index is -0.744. The number of hydrogen-bond donors (Lipinski definition) is 1. The number of carboxylic acid groups (broad SMARTS) is 1. The Morgan fingerprint density at radius 3 is 2.89 bits per heavy atom. The van der Waals surface area contributed by atoms with Gasteiger partial charge in [0.25, 0.3) is 0 Å². The molecule has 6 heteroatoms. The Labute approximate surface area is 106 Å². The van der Waals surface area contributed by atoms with E-state index in [9.17, 15) is 4.79 Å². The normalized spacial score (nSPS) is 15.6. The van der Waals surface area contributed by atoms with Crippen molar-refractivity contribution in [2.75, 3.05) is 18.0 Å². The SMILES string of the molecule is CC(C)Oc1cc(N2CC(CC(=O)O)C2)ncn1. The van der Waals surface area contributed by atoms with Gasteiger partial charge in [-0.25, -0.2) is 9.97 Å². The van der Waals surface area contributed by atoms with Crippen LogP contribution in [0, 0.1) is 5.92 Å². The number of carboxylic acids is 1. The van der Waals surface area contributed by atoms with Gasteiger partial charge in [-0.15, -0.1) is 0 Å². The highest BCUT2D eigenvalue weighted by Crippen LogP contribution is 2.26. The van der Waals surface area contributed by atoms with Gasteiger partial charge in [-0.05, 0) is 13.8 Å². The molecule has 0 aromatic carbocycles. The Morgan fingerprint density at radius 1 is 1.56 bits per heavy atom. The first kappa shape index (κ1) is 12.6. The van der Waals surface area contributed by atoms with Crippen LogP contribution >= 0.6 is 0 Å². The standard InChI is InChI=1S/C12H17N3O3/c1-8(2)18-11-4-10(13-7-14-11)15-5-9(6-15)3-12(16)17/h4,7-9H,3,5-6H2,1-2H3,(H,16,17). The van der Waals surface area contributed by atoms with Crippen LogP contribution in [0.2, 0.25) is 0 Å². The molecule has 0 spiro atoms. The average Bonchev–Trinajstić information content (AvgIpc) is 2.22. The number of hydrogen-bond acceptors (Lipinski definition) is 5. The van der Waals surface area contributed by atoms with Crippen molar-refractivity contribution in [3.63, 3.8) is 0 Å². The smallest absolute Gasteiger partial charge is 0.303 e. The van der Waals surface area contributed by atoms with Gasteiger partial charge in [-0.3, -0.25) is 4.79 Å². The van der Waals surface area contributed by atoms with Gasteiger partial charge in [-0.2, -0.15) is 0 Å². The van der Waals surface area contributed by atoms with Crippen LogP contribution in [0.25, 0.3) is 0 Å². The molecular formula is C12H17N3O3. The number of nitrogens with zero attached hydrogens (tertiary/aromatic N) is 3. The highest BCUT2D eigenvalue weighted by atomic mass is 16.5. The third-order valence-corrected chi connectivity index (χ3v) is 2.73. The predicted octanol–water partition coefficient (Wildman–Crippen LogP) is 1.17. The lowest BCUT2D eigenvalue weighted by Gasteiger charge is -2.39. The molecule has 98 valence electrons. The highest BCUT2D eigenvalue weighted by Gasteiger charge is 2.29. The zero-order valence-electron chi connectivity index (χ0n) is 10.5. The van der Waals surface area contributed by atoms with E-state index in [4.69, 9.17) is 9.84 Å². The summed E-state index contributed by atoms with van der Waals surface area (Å²) in [5.74, 6) is 0.817. The summed E-state index contributed by atoms with van der Waals surface area (Å²) in [5.41, 5.74) is 0. The molecule has 1 aromatic rings. The summed E-state index contributed by atoms with van der Waals surface area (Å²) in [5, 5.41) is 8.68. The third-order valence-electron chi connectivity index (χ3n) is 2.73. The monoisotopic (exact) mass is 251 g/mol. The summed E-state index contributed by atoms with van der Waals surface area (Å²) in [4.78, 5) is 20.8. The van der Waals surface area contributed by atoms with E-state index in [0.29, 0.717) is 5.88 Å². The second-order valence-electron chi connectivity index (χ2n) is 4.75. The molecular weight excluding hydrogens is 234 g/mol. The minimum absolute atomic E-state index is 0.0731. The van der Waals surface area contributed by atoms with Crippen molar-refractivity contribution in [2.24, 2.45) is 5.92 Å². The highest BCUT2D eigenvalue weighted by molar-refractivity contribution is 5.67. The maximum Gasteiger partial charge on any atom is 0.303 e. The Bertz CT molecular complexity index is 430. The molecule has 2 rings (SSSR count). The zero-order chi connectivity index (χ0) is 13.1. The number of ether oxygens (including phenoxy) is 1. The van der Waals surface area contributed by atoms with Crippen LogP contribution in [0.3, 0.4) is 0 Å². The van der Waals surface area contributed by atoms with Crippen LogP contribution in [-0.2, 0) is 4.79 Å². The molecule has 2 heterocycles. The summed E-state index contributed by atoms with van der Waals surface area (Å²) in [6, 6.07) is 1.79. The maximum atomic E-state index is 10.6. The molecule has 0 amide bonds. The molecule has 1 aliphatic heterocycles. The fraction of sp³-hybridized carbons (Fsp3) is 0.583. The Morgan fingerprint density at radius 2 is 2.28 bits per heavy atom. The quantitative estimate of drug-likeness (QED) is 0.846.